The maximum atomic E-state index is 12.8. The number of rotatable bonds is 6. The zero-order valence-corrected chi connectivity index (χ0v) is 16.9. The fourth-order valence-corrected chi connectivity index (χ4v) is 4.00. The molecule has 2 aliphatic heterocycles. The van der Waals surface area contributed by atoms with Gasteiger partial charge in [0.1, 0.15) is 0 Å². The fourth-order valence-electron chi connectivity index (χ4n) is 4.00. The molecule has 2 amide bonds. The molecule has 2 aliphatic rings. The van der Waals surface area contributed by atoms with Gasteiger partial charge in [-0.15, -0.1) is 0 Å². The molecule has 2 heterocycles. The van der Waals surface area contributed by atoms with Gasteiger partial charge in [-0.25, -0.2) is 0 Å². The molecule has 0 atom stereocenters. The molecule has 0 N–H and O–H groups in total. The molecule has 1 aromatic rings. The molecule has 0 saturated carbocycles. The van der Waals surface area contributed by atoms with Gasteiger partial charge in [-0.1, -0.05) is 25.0 Å². The van der Waals surface area contributed by atoms with Crippen molar-refractivity contribution in [2.45, 2.75) is 45.4 Å². The first-order valence-corrected chi connectivity index (χ1v) is 10.6. The van der Waals surface area contributed by atoms with Crippen LogP contribution >= 0.6 is 0 Å². The van der Waals surface area contributed by atoms with Crippen LogP contribution < -0.4 is 9.47 Å². The summed E-state index contributed by atoms with van der Waals surface area (Å²) in [4.78, 5) is 29.2. The van der Waals surface area contributed by atoms with E-state index in [9.17, 15) is 9.59 Å². The van der Waals surface area contributed by atoms with Crippen molar-refractivity contribution < 1.29 is 19.1 Å². The Morgan fingerprint density at radius 3 is 2.11 bits per heavy atom. The Morgan fingerprint density at radius 1 is 0.893 bits per heavy atom. The summed E-state index contributed by atoms with van der Waals surface area (Å²) < 4.78 is 11.2. The van der Waals surface area contributed by atoms with Gasteiger partial charge in [-0.05, 0) is 44.7 Å². The summed E-state index contributed by atoms with van der Waals surface area (Å²) in [5.41, 5.74) is 0. The van der Waals surface area contributed by atoms with Crippen LogP contribution in [-0.4, -0.2) is 61.0 Å². The SMILES string of the molecule is CCOc1ccccc1OCC(=O)N1CCC(C(=O)N2CCCCCC2)CC1. The lowest BCUT2D eigenvalue weighted by Gasteiger charge is -2.34. The molecule has 2 fully saturated rings. The van der Waals surface area contributed by atoms with Crippen molar-refractivity contribution in [3.05, 3.63) is 24.3 Å². The highest BCUT2D eigenvalue weighted by molar-refractivity contribution is 5.80. The lowest BCUT2D eigenvalue weighted by atomic mass is 9.95. The van der Waals surface area contributed by atoms with Crippen molar-refractivity contribution >= 4 is 11.8 Å². The Bertz CT molecular complexity index is 648. The van der Waals surface area contributed by atoms with Crippen LogP contribution in [0.2, 0.25) is 0 Å². The highest BCUT2D eigenvalue weighted by Crippen LogP contribution is 2.27. The second-order valence-corrected chi connectivity index (χ2v) is 7.56. The van der Waals surface area contributed by atoms with E-state index in [2.05, 4.69) is 0 Å². The predicted octanol–water partition coefficient (Wildman–Crippen LogP) is 3.11. The first-order chi connectivity index (χ1) is 13.7. The van der Waals surface area contributed by atoms with Crippen LogP contribution in [0.1, 0.15) is 45.4 Å². The highest BCUT2D eigenvalue weighted by Gasteiger charge is 2.30. The normalized spacial score (nSPS) is 18.5. The average Bonchev–Trinajstić information content (AvgIpc) is 3.02. The number of likely N-dealkylation sites (tertiary alicyclic amines) is 2. The molecular formula is C22H32N2O4. The maximum absolute atomic E-state index is 12.8. The minimum absolute atomic E-state index is 0.00513. The van der Waals surface area contributed by atoms with E-state index in [4.69, 9.17) is 9.47 Å². The van der Waals surface area contributed by atoms with Crippen molar-refractivity contribution in [3.8, 4) is 11.5 Å². The molecule has 6 heteroatoms. The van der Waals surface area contributed by atoms with Gasteiger partial charge in [0.2, 0.25) is 5.91 Å². The first-order valence-electron chi connectivity index (χ1n) is 10.6. The fraction of sp³-hybridized carbons (Fsp3) is 0.636. The van der Waals surface area contributed by atoms with Crippen LogP contribution in [0.4, 0.5) is 0 Å². The summed E-state index contributed by atoms with van der Waals surface area (Å²) in [7, 11) is 0. The summed E-state index contributed by atoms with van der Waals surface area (Å²) >= 11 is 0. The molecule has 2 saturated heterocycles. The smallest absolute Gasteiger partial charge is 0.260 e. The van der Waals surface area contributed by atoms with Crippen molar-refractivity contribution in [3.63, 3.8) is 0 Å². The molecule has 0 aromatic heterocycles. The van der Waals surface area contributed by atoms with Gasteiger partial charge >= 0.3 is 0 Å². The summed E-state index contributed by atoms with van der Waals surface area (Å²) in [5, 5.41) is 0. The molecule has 0 spiro atoms. The number of carbonyl (C=O) groups excluding carboxylic acids is 2. The topological polar surface area (TPSA) is 59.1 Å². The van der Waals surface area contributed by atoms with Gasteiger partial charge < -0.3 is 19.3 Å². The van der Waals surface area contributed by atoms with E-state index in [0.29, 0.717) is 31.2 Å². The lowest BCUT2D eigenvalue weighted by molar-refractivity contribution is -0.141. The van der Waals surface area contributed by atoms with Crippen molar-refractivity contribution in [2.24, 2.45) is 5.92 Å². The number of carbonyl (C=O) groups is 2. The van der Waals surface area contributed by atoms with Crippen molar-refractivity contribution in [1.82, 2.24) is 9.80 Å². The van der Waals surface area contributed by atoms with Gasteiger partial charge in [0.25, 0.3) is 5.91 Å². The summed E-state index contributed by atoms with van der Waals surface area (Å²) in [5.74, 6) is 1.55. The number of para-hydroxylation sites is 2. The number of nitrogens with zero attached hydrogens (tertiary/aromatic N) is 2. The van der Waals surface area contributed by atoms with Gasteiger partial charge in [-0.3, -0.25) is 9.59 Å². The number of piperidine rings is 1. The van der Waals surface area contributed by atoms with Gasteiger partial charge in [0, 0.05) is 32.1 Å². The van der Waals surface area contributed by atoms with Crippen molar-refractivity contribution in [1.29, 1.82) is 0 Å². The molecule has 3 rings (SSSR count). The van der Waals surface area contributed by atoms with Crippen LogP contribution in [0, 0.1) is 5.92 Å². The number of ether oxygens (including phenoxy) is 2. The second kappa shape index (κ2) is 10.3. The van der Waals surface area contributed by atoms with E-state index >= 15 is 0 Å². The second-order valence-electron chi connectivity index (χ2n) is 7.56. The minimum Gasteiger partial charge on any atom is -0.490 e. The Hall–Kier alpha value is -2.24. The molecule has 6 nitrogen and oxygen atoms in total. The molecular weight excluding hydrogens is 356 g/mol. The number of hydrogen-bond acceptors (Lipinski definition) is 4. The van der Waals surface area contributed by atoms with Crippen LogP contribution in [0.25, 0.3) is 0 Å². The van der Waals surface area contributed by atoms with Gasteiger partial charge in [-0.2, -0.15) is 0 Å². The van der Waals surface area contributed by atoms with E-state index in [1.807, 2.05) is 41.0 Å². The largest absolute Gasteiger partial charge is 0.490 e. The summed E-state index contributed by atoms with van der Waals surface area (Å²) in [6, 6.07) is 7.39. The molecule has 0 radical (unpaired) electrons. The van der Waals surface area contributed by atoms with E-state index in [1.165, 1.54) is 12.8 Å². The number of benzene rings is 1. The average molecular weight is 389 g/mol. The molecule has 0 aliphatic carbocycles. The van der Waals surface area contributed by atoms with E-state index < -0.39 is 0 Å². The quantitative estimate of drug-likeness (QED) is 0.751. The molecule has 0 bridgehead atoms. The van der Waals surface area contributed by atoms with E-state index in [0.717, 1.165) is 38.8 Å². The zero-order valence-electron chi connectivity index (χ0n) is 16.9. The van der Waals surface area contributed by atoms with Gasteiger partial charge in [0.05, 0.1) is 6.61 Å². The van der Waals surface area contributed by atoms with Crippen molar-refractivity contribution in [2.75, 3.05) is 39.4 Å². The van der Waals surface area contributed by atoms with E-state index in [-0.39, 0.29) is 24.3 Å². The highest BCUT2D eigenvalue weighted by atomic mass is 16.5. The third kappa shape index (κ3) is 5.40. The third-order valence-corrected chi connectivity index (χ3v) is 5.61. The van der Waals surface area contributed by atoms with Crippen LogP contribution in [0.3, 0.4) is 0 Å². The zero-order chi connectivity index (χ0) is 19.8. The molecule has 1 aromatic carbocycles. The first kappa shape index (κ1) is 20.5. The predicted molar refractivity (Wildman–Crippen MR) is 107 cm³/mol. The molecule has 0 unspecified atom stereocenters. The minimum atomic E-state index is -0.0352. The third-order valence-electron chi connectivity index (χ3n) is 5.61. The van der Waals surface area contributed by atoms with Crippen LogP contribution in [0.15, 0.2) is 24.3 Å². The number of hydrogen-bond donors (Lipinski definition) is 0. The standard InChI is InChI=1S/C22H32N2O4/c1-2-27-19-9-5-6-10-20(19)28-17-21(25)23-15-11-18(12-16-23)22(26)24-13-7-3-4-8-14-24/h5-6,9-10,18H,2-4,7-8,11-17H2,1H3. The Balaban J connectivity index is 1.45. The monoisotopic (exact) mass is 388 g/mol. The lowest BCUT2D eigenvalue weighted by Crippen LogP contribution is -2.45. The molecule has 28 heavy (non-hydrogen) atoms. The summed E-state index contributed by atoms with van der Waals surface area (Å²) in [6.45, 7) is 5.50. The van der Waals surface area contributed by atoms with E-state index in [1.54, 1.807) is 0 Å². The molecule has 154 valence electrons. The number of amides is 2. The van der Waals surface area contributed by atoms with Crippen LogP contribution in [-0.2, 0) is 9.59 Å². The Kier molecular flexibility index (Phi) is 7.57. The summed E-state index contributed by atoms with van der Waals surface area (Å²) in [6.07, 6.45) is 6.17. The van der Waals surface area contributed by atoms with Crippen LogP contribution in [0.5, 0.6) is 11.5 Å². The Morgan fingerprint density at radius 2 is 1.50 bits per heavy atom. The maximum Gasteiger partial charge on any atom is 0.260 e. The Labute approximate surface area is 167 Å². The van der Waals surface area contributed by atoms with Gasteiger partial charge in [0.15, 0.2) is 18.1 Å².